The lowest BCUT2D eigenvalue weighted by molar-refractivity contribution is -0.136. The van der Waals surface area contributed by atoms with Crippen molar-refractivity contribution in [2.24, 2.45) is 4.99 Å². The van der Waals surface area contributed by atoms with Crippen molar-refractivity contribution in [2.45, 2.75) is 26.7 Å². The average Bonchev–Trinajstić information content (AvgIpc) is 2.61. The maximum Gasteiger partial charge on any atom is 0.335 e. The predicted molar refractivity (Wildman–Crippen MR) is 98.0 cm³/mol. The molecule has 25 heavy (non-hydrogen) atoms. The minimum atomic E-state index is -0.326. The van der Waals surface area contributed by atoms with Crippen molar-refractivity contribution in [3.05, 3.63) is 64.5 Å². The van der Waals surface area contributed by atoms with Crippen LogP contribution in [0.2, 0.25) is 0 Å². The number of carbonyl (C=O) groups excluding carboxylic acids is 1. The molecule has 0 fully saturated rings. The van der Waals surface area contributed by atoms with Gasteiger partial charge in [-0.25, -0.2) is 9.18 Å². The van der Waals surface area contributed by atoms with Crippen molar-refractivity contribution in [1.82, 2.24) is 0 Å². The summed E-state index contributed by atoms with van der Waals surface area (Å²) in [6.45, 7) is 4.00. The van der Waals surface area contributed by atoms with Gasteiger partial charge in [-0.15, -0.1) is 0 Å². The maximum absolute atomic E-state index is 13.2. The Labute approximate surface area is 146 Å². The number of rotatable bonds is 3. The van der Waals surface area contributed by atoms with Crippen LogP contribution in [-0.4, -0.2) is 19.3 Å². The van der Waals surface area contributed by atoms with Crippen molar-refractivity contribution in [3.63, 3.8) is 0 Å². The van der Waals surface area contributed by atoms with Crippen LogP contribution >= 0.6 is 0 Å². The summed E-state index contributed by atoms with van der Waals surface area (Å²) in [5, 5.41) is 0. The van der Waals surface area contributed by atoms with Crippen molar-refractivity contribution in [1.29, 1.82) is 0 Å². The molecule has 2 aromatic rings. The lowest BCUT2D eigenvalue weighted by Gasteiger charge is -2.18. The third kappa shape index (κ3) is 3.38. The number of benzene rings is 2. The van der Waals surface area contributed by atoms with E-state index in [1.54, 1.807) is 12.1 Å². The van der Waals surface area contributed by atoms with Gasteiger partial charge < -0.3 is 4.74 Å². The first kappa shape index (κ1) is 17.1. The third-order valence-electron chi connectivity index (χ3n) is 4.41. The summed E-state index contributed by atoms with van der Waals surface area (Å²) < 4.78 is 18.1. The largest absolute Gasteiger partial charge is 0.466 e. The van der Waals surface area contributed by atoms with Crippen molar-refractivity contribution < 1.29 is 13.9 Å². The molecule has 3 nitrogen and oxygen atoms in total. The van der Waals surface area contributed by atoms with E-state index in [0.29, 0.717) is 17.7 Å². The Bertz CT molecular complexity index is 856. The number of esters is 1. The normalized spacial score (nSPS) is 13.9. The molecule has 1 aliphatic heterocycles. The Balaban J connectivity index is 2.12. The maximum atomic E-state index is 13.2. The lowest BCUT2D eigenvalue weighted by atomic mass is 9.90. The molecule has 0 N–H and O–H groups in total. The van der Waals surface area contributed by atoms with Crippen molar-refractivity contribution in [3.8, 4) is 11.1 Å². The monoisotopic (exact) mass is 337 g/mol. The third-order valence-corrected chi connectivity index (χ3v) is 4.41. The quantitative estimate of drug-likeness (QED) is 0.750. The molecule has 128 valence electrons. The second-order valence-electron chi connectivity index (χ2n) is 6.16. The molecule has 0 amide bonds. The number of hydrogen-bond donors (Lipinski definition) is 0. The van der Waals surface area contributed by atoms with E-state index in [4.69, 9.17) is 4.74 Å². The van der Waals surface area contributed by atoms with E-state index < -0.39 is 0 Å². The lowest BCUT2D eigenvalue weighted by Crippen LogP contribution is -2.11. The number of aryl methyl sites for hydroxylation is 2. The minimum Gasteiger partial charge on any atom is -0.466 e. The molecule has 0 radical (unpaired) electrons. The molecule has 3 rings (SSSR count). The summed E-state index contributed by atoms with van der Waals surface area (Å²) in [6.07, 6.45) is 3.21. The fourth-order valence-corrected chi connectivity index (χ4v) is 3.24. The van der Waals surface area contributed by atoms with Crippen LogP contribution in [0, 0.1) is 19.7 Å². The molecule has 0 unspecified atom stereocenters. The van der Waals surface area contributed by atoms with Gasteiger partial charge in [-0.3, -0.25) is 4.99 Å². The van der Waals surface area contributed by atoms with E-state index >= 15 is 0 Å². The van der Waals surface area contributed by atoms with E-state index in [2.05, 4.69) is 4.99 Å². The number of methoxy groups -OCH3 is 1. The number of carbonyl (C=O) groups is 1. The van der Waals surface area contributed by atoms with Gasteiger partial charge >= 0.3 is 5.97 Å². The van der Waals surface area contributed by atoms with Crippen molar-refractivity contribution >= 4 is 17.9 Å². The Morgan fingerprint density at radius 3 is 2.32 bits per heavy atom. The molecular formula is C21H20FNO2. The van der Waals surface area contributed by atoms with Crippen LogP contribution in [0.5, 0.6) is 0 Å². The highest BCUT2D eigenvalue weighted by Crippen LogP contribution is 2.34. The van der Waals surface area contributed by atoms with Crippen LogP contribution in [0.25, 0.3) is 16.8 Å². The van der Waals surface area contributed by atoms with Crippen LogP contribution in [0.15, 0.2) is 47.0 Å². The standard InChI is InChI=1S/C21H20FNO2/c1-13-11-16(15-6-8-17(22)9-7-15)12-14(2)19(13)20-18(21(24)25-3)5-4-10-23-20/h6-12H,4-5H2,1-3H3. The van der Waals surface area contributed by atoms with Gasteiger partial charge in [0.1, 0.15) is 5.82 Å². The molecular weight excluding hydrogens is 317 g/mol. The van der Waals surface area contributed by atoms with Gasteiger partial charge in [0.05, 0.1) is 18.4 Å². The summed E-state index contributed by atoms with van der Waals surface area (Å²) in [6, 6.07) is 10.5. The number of halogens is 1. The minimum absolute atomic E-state index is 0.252. The van der Waals surface area contributed by atoms with Gasteiger partial charge in [-0.1, -0.05) is 24.3 Å². The highest BCUT2D eigenvalue weighted by molar-refractivity contribution is 6.01. The Hall–Kier alpha value is -2.75. The first-order chi connectivity index (χ1) is 12.0. The van der Waals surface area contributed by atoms with Crippen LogP contribution in [0.4, 0.5) is 4.39 Å². The first-order valence-corrected chi connectivity index (χ1v) is 8.23. The Kier molecular flexibility index (Phi) is 4.79. The summed E-state index contributed by atoms with van der Waals surface area (Å²) >= 11 is 0. The number of hydrogen-bond acceptors (Lipinski definition) is 3. The zero-order chi connectivity index (χ0) is 18.0. The van der Waals surface area contributed by atoms with E-state index in [1.807, 2.05) is 32.2 Å². The van der Waals surface area contributed by atoms with Gasteiger partial charge in [0.25, 0.3) is 0 Å². The van der Waals surface area contributed by atoms with Gasteiger partial charge in [0.15, 0.2) is 0 Å². The van der Waals surface area contributed by atoms with Gasteiger partial charge in [-0.05, 0) is 61.1 Å². The van der Waals surface area contributed by atoms with E-state index in [0.717, 1.165) is 34.2 Å². The molecule has 0 bridgehead atoms. The predicted octanol–water partition coefficient (Wildman–Crippen LogP) is 4.86. The average molecular weight is 337 g/mol. The second-order valence-corrected chi connectivity index (χ2v) is 6.16. The summed E-state index contributed by atoms with van der Waals surface area (Å²) in [5.74, 6) is -0.577. The van der Waals surface area contributed by atoms with Crippen molar-refractivity contribution in [2.75, 3.05) is 7.11 Å². The van der Waals surface area contributed by atoms with Gasteiger partial charge in [0.2, 0.25) is 0 Å². The number of ether oxygens (including phenoxy) is 1. The second kappa shape index (κ2) is 7.01. The number of nitrogens with zero attached hydrogens (tertiary/aromatic N) is 1. The Morgan fingerprint density at radius 2 is 1.72 bits per heavy atom. The molecule has 0 saturated heterocycles. The van der Waals surface area contributed by atoms with E-state index in [-0.39, 0.29) is 11.8 Å². The number of aliphatic imine (C=N–C) groups is 1. The first-order valence-electron chi connectivity index (χ1n) is 8.23. The van der Waals surface area contributed by atoms with Gasteiger partial charge in [-0.2, -0.15) is 0 Å². The Morgan fingerprint density at radius 1 is 1.08 bits per heavy atom. The fourth-order valence-electron chi connectivity index (χ4n) is 3.24. The summed E-state index contributed by atoms with van der Waals surface area (Å²) in [5.41, 5.74) is 6.28. The molecule has 4 heteroatoms. The molecule has 2 aromatic carbocycles. The summed E-state index contributed by atoms with van der Waals surface area (Å²) in [4.78, 5) is 16.6. The van der Waals surface area contributed by atoms with Crippen LogP contribution < -0.4 is 0 Å². The highest BCUT2D eigenvalue weighted by atomic mass is 19.1. The molecule has 1 aliphatic rings. The molecule has 0 saturated carbocycles. The topological polar surface area (TPSA) is 38.7 Å². The van der Waals surface area contributed by atoms with Crippen LogP contribution in [0.1, 0.15) is 29.5 Å². The molecule has 0 aromatic heterocycles. The summed E-state index contributed by atoms with van der Waals surface area (Å²) in [7, 11) is 1.39. The zero-order valence-corrected chi connectivity index (χ0v) is 14.6. The van der Waals surface area contributed by atoms with E-state index in [9.17, 15) is 9.18 Å². The zero-order valence-electron chi connectivity index (χ0n) is 14.6. The molecule has 0 atom stereocenters. The van der Waals surface area contributed by atoms with Crippen LogP contribution in [0.3, 0.4) is 0 Å². The molecule has 0 aliphatic carbocycles. The van der Waals surface area contributed by atoms with Crippen LogP contribution in [-0.2, 0) is 9.53 Å². The highest BCUT2D eigenvalue weighted by Gasteiger charge is 2.22. The molecule has 1 heterocycles. The fraction of sp³-hybridized carbons (Fsp3) is 0.238. The smallest absolute Gasteiger partial charge is 0.335 e. The van der Waals surface area contributed by atoms with E-state index in [1.165, 1.54) is 19.2 Å². The van der Waals surface area contributed by atoms with Gasteiger partial charge in [0, 0.05) is 11.8 Å². The SMILES string of the molecule is COC(=O)C1=C(c2c(C)cc(-c3ccc(F)cc3)cc2C)N=CCC1. The molecule has 0 spiro atoms.